The first-order valence-corrected chi connectivity index (χ1v) is 4.48. The van der Waals surface area contributed by atoms with E-state index in [-0.39, 0.29) is 11.6 Å². The molecule has 0 spiro atoms. The van der Waals surface area contributed by atoms with Crippen LogP contribution in [0.1, 0.15) is 20.3 Å². The van der Waals surface area contributed by atoms with Crippen molar-refractivity contribution in [2.45, 2.75) is 25.8 Å². The van der Waals surface area contributed by atoms with Gasteiger partial charge in [-0.05, 0) is 25.5 Å². The van der Waals surface area contributed by atoms with Gasteiger partial charge in [0.1, 0.15) is 0 Å². The molecule has 1 aromatic rings. The van der Waals surface area contributed by atoms with E-state index >= 15 is 0 Å². The normalized spacial score (nSPS) is 14.1. The average Bonchev–Trinajstić information content (AvgIpc) is 2.21. The highest BCUT2D eigenvalue weighted by molar-refractivity contribution is 5.42. The summed E-state index contributed by atoms with van der Waals surface area (Å²) in [5.41, 5.74) is -0.546. The van der Waals surface area contributed by atoms with Gasteiger partial charge in [0.05, 0.1) is 5.54 Å². The SMILES string of the molecule is C#CC(C)(CC)Nc1ncccc1F. The molecule has 0 aliphatic heterocycles. The van der Waals surface area contributed by atoms with Crippen molar-refractivity contribution in [1.29, 1.82) is 0 Å². The van der Waals surface area contributed by atoms with E-state index in [0.29, 0.717) is 6.42 Å². The van der Waals surface area contributed by atoms with Crippen LogP contribution < -0.4 is 5.32 Å². The first-order valence-electron chi connectivity index (χ1n) is 4.48. The number of rotatable bonds is 3. The van der Waals surface area contributed by atoms with Crippen molar-refractivity contribution in [3.63, 3.8) is 0 Å². The number of terminal acetylenes is 1. The van der Waals surface area contributed by atoms with E-state index in [0.717, 1.165) is 0 Å². The minimum absolute atomic E-state index is 0.204. The van der Waals surface area contributed by atoms with Gasteiger partial charge in [-0.25, -0.2) is 9.37 Å². The van der Waals surface area contributed by atoms with E-state index in [1.165, 1.54) is 12.3 Å². The Morgan fingerprint density at radius 2 is 2.43 bits per heavy atom. The summed E-state index contributed by atoms with van der Waals surface area (Å²) in [6, 6.07) is 2.89. The smallest absolute Gasteiger partial charge is 0.165 e. The molecule has 0 amide bonds. The zero-order chi connectivity index (χ0) is 10.6. The first-order chi connectivity index (χ1) is 6.61. The zero-order valence-electron chi connectivity index (χ0n) is 8.34. The number of hydrogen-bond acceptors (Lipinski definition) is 2. The molecule has 1 aromatic heterocycles. The Hall–Kier alpha value is -1.56. The maximum absolute atomic E-state index is 13.2. The van der Waals surface area contributed by atoms with E-state index in [1.807, 2.05) is 13.8 Å². The van der Waals surface area contributed by atoms with Crippen LogP contribution in [-0.4, -0.2) is 10.5 Å². The maximum Gasteiger partial charge on any atom is 0.165 e. The van der Waals surface area contributed by atoms with Crippen LogP contribution in [0.3, 0.4) is 0 Å². The van der Waals surface area contributed by atoms with E-state index in [4.69, 9.17) is 6.42 Å². The lowest BCUT2D eigenvalue weighted by molar-refractivity contribution is 0.593. The minimum Gasteiger partial charge on any atom is -0.352 e. The molecule has 1 unspecified atom stereocenters. The Labute approximate surface area is 83.6 Å². The molecular weight excluding hydrogens is 179 g/mol. The average molecular weight is 192 g/mol. The van der Waals surface area contributed by atoms with Gasteiger partial charge in [0.25, 0.3) is 0 Å². The van der Waals surface area contributed by atoms with Crippen molar-refractivity contribution in [2.24, 2.45) is 0 Å². The highest BCUT2D eigenvalue weighted by Crippen LogP contribution is 2.17. The van der Waals surface area contributed by atoms with Crippen molar-refractivity contribution in [3.05, 3.63) is 24.1 Å². The van der Waals surface area contributed by atoms with Crippen LogP contribution in [0.4, 0.5) is 10.2 Å². The number of pyridine rings is 1. The van der Waals surface area contributed by atoms with Crippen LogP contribution >= 0.6 is 0 Å². The van der Waals surface area contributed by atoms with Crippen LogP contribution in [0, 0.1) is 18.2 Å². The molecule has 1 atom stereocenters. The summed E-state index contributed by atoms with van der Waals surface area (Å²) in [6.45, 7) is 3.77. The molecule has 1 rings (SSSR count). The number of halogens is 1. The van der Waals surface area contributed by atoms with Crippen LogP contribution in [0.2, 0.25) is 0 Å². The molecule has 0 aliphatic carbocycles. The molecule has 0 saturated heterocycles. The van der Waals surface area contributed by atoms with Crippen LogP contribution in [0.15, 0.2) is 18.3 Å². The summed E-state index contributed by atoms with van der Waals surface area (Å²) in [6.07, 6.45) is 7.59. The standard InChI is InChI=1S/C11H13FN2/c1-4-11(3,5-2)14-10-9(12)7-6-8-13-10/h1,6-8H,5H2,2-3H3,(H,13,14). The Kier molecular flexibility index (Phi) is 3.08. The Morgan fingerprint density at radius 1 is 1.71 bits per heavy atom. The summed E-state index contributed by atoms with van der Waals surface area (Å²) < 4.78 is 13.2. The lowest BCUT2D eigenvalue weighted by atomic mass is 10.0. The molecule has 74 valence electrons. The van der Waals surface area contributed by atoms with Crippen molar-refractivity contribution in [1.82, 2.24) is 4.98 Å². The second-order valence-electron chi connectivity index (χ2n) is 3.29. The second kappa shape index (κ2) is 4.10. The fourth-order valence-electron chi connectivity index (χ4n) is 0.966. The Morgan fingerprint density at radius 3 is 2.93 bits per heavy atom. The lowest BCUT2D eigenvalue weighted by Gasteiger charge is -2.24. The quantitative estimate of drug-likeness (QED) is 0.744. The molecule has 0 aromatic carbocycles. The van der Waals surface area contributed by atoms with Crippen molar-refractivity contribution in [3.8, 4) is 12.3 Å². The van der Waals surface area contributed by atoms with Crippen LogP contribution in [0.5, 0.6) is 0 Å². The molecule has 1 heterocycles. The molecule has 0 radical (unpaired) electrons. The van der Waals surface area contributed by atoms with E-state index in [1.54, 1.807) is 6.07 Å². The van der Waals surface area contributed by atoms with Gasteiger partial charge in [-0.3, -0.25) is 0 Å². The van der Waals surface area contributed by atoms with E-state index in [9.17, 15) is 4.39 Å². The van der Waals surface area contributed by atoms with Gasteiger partial charge in [-0.1, -0.05) is 12.8 Å². The molecular formula is C11H13FN2. The van der Waals surface area contributed by atoms with Gasteiger partial charge in [-0.2, -0.15) is 0 Å². The molecule has 0 bridgehead atoms. The number of nitrogens with zero attached hydrogens (tertiary/aromatic N) is 1. The summed E-state index contributed by atoms with van der Waals surface area (Å²) in [4.78, 5) is 3.88. The molecule has 0 fully saturated rings. The summed E-state index contributed by atoms with van der Waals surface area (Å²) >= 11 is 0. The third-order valence-corrected chi connectivity index (χ3v) is 2.18. The fraction of sp³-hybridized carbons (Fsp3) is 0.364. The zero-order valence-corrected chi connectivity index (χ0v) is 8.34. The van der Waals surface area contributed by atoms with Gasteiger partial charge < -0.3 is 5.32 Å². The summed E-state index contributed by atoms with van der Waals surface area (Å²) in [5, 5.41) is 2.90. The van der Waals surface area contributed by atoms with E-state index in [2.05, 4.69) is 16.2 Å². The number of hydrogen-bond donors (Lipinski definition) is 1. The monoisotopic (exact) mass is 192 g/mol. The molecule has 14 heavy (non-hydrogen) atoms. The molecule has 1 N–H and O–H groups in total. The Balaban J connectivity index is 2.89. The summed E-state index contributed by atoms with van der Waals surface area (Å²) in [5.74, 6) is 2.40. The molecule has 2 nitrogen and oxygen atoms in total. The highest BCUT2D eigenvalue weighted by atomic mass is 19.1. The maximum atomic E-state index is 13.2. The number of aromatic nitrogens is 1. The first kappa shape index (κ1) is 10.5. The summed E-state index contributed by atoms with van der Waals surface area (Å²) in [7, 11) is 0. The van der Waals surface area contributed by atoms with Gasteiger partial charge in [0.2, 0.25) is 0 Å². The Bertz CT molecular complexity index is 357. The third kappa shape index (κ3) is 2.23. The molecule has 0 aliphatic rings. The molecule has 0 saturated carbocycles. The largest absolute Gasteiger partial charge is 0.352 e. The lowest BCUT2D eigenvalue weighted by Crippen LogP contribution is -2.32. The number of anilines is 1. The van der Waals surface area contributed by atoms with Gasteiger partial charge in [0.15, 0.2) is 11.6 Å². The van der Waals surface area contributed by atoms with Crippen molar-refractivity contribution < 1.29 is 4.39 Å². The highest BCUT2D eigenvalue weighted by Gasteiger charge is 2.19. The van der Waals surface area contributed by atoms with Gasteiger partial charge in [-0.15, -0.1) is 6.42 Å². The fourth-order valence-corrected chi connectivity index (χ4v) is 0.966. The van der Waals surface area contributed by atoms with Crippen LogP contribution in [0.25, 0.3) is 0 Å². The molecule has 3 heteroatoms. The second-order valence-corrected chi connectivity index (χ2v) is 3.29. The predicted octanol–water partition coefficient (Wildman–Crippen LogP) is 2.43. The van der Waals surface area contributed by atoms with E-state index < -0.39 is 5.54 Å². The predicted molar refractivity (Wildman–Crippen MR) is 55.3 cm³/mol. The van der Waals surface area contributed by atoms with Gasteiger partial charge >= 0.3 is 0 Å². The van der Waals surface area contributed by atoms with Crippen molar-refractivity contribution >= 4 is 5.82 Å². The topological polar surface area (TPSA) is 24.9 Å². The minimum atomic E-state index is -0.546. The number of nitrogens with one attached hydrogen (secondary N) is 1. The van der Waals surface area contributed by atoms with Crippen LogP contribution in [-0.2, 0) is 0 Å². The van der Waals surface area contributed by atoms with Gasteiger partial charge in [0, 0.05) is 6.20 Å². The van der Waals surface area contributed by atoms with Crippen molar-refractivity contribution in [2.75, 3.05) is 5.32 Å². The third-order valence-electron chi connectivity index (χ3n) is 2.18.